The summed E-state index contributed by atoms with van der Waals surface area (Å²) in [4.78, 5) is 149. The van der Waals surface area contributed by atoms with E-state index in [-0.39, 0.29) is 76.7 Å². The topological polar surface area (TPSA) is 358 Å². The maximum absolute atomic E-state index is 15.4. The van der Waals surface area contributed by atoms with Gasteiger partial charge in [0.15, 0.2) is 0 Å². The number of hydrogen-bond acceptors (Lipinski definition) is 16. The zero-order valence-corrected chi connectivity index (χ0v) is 66.7. The van der Waals surface area contributed by atoms with E-state index in [1.54, 1.807) is 76.5 Å². The molecule has 10 N–H and O–H groups in total. The largest absolute Gasteiger partial charge is 0.494 e. The average molecular weight is 1560 g/mol. The molecule has 6 heterocycles. The fraction of sp³-hybridized carbons (Fsp3) is 0.506. The second-order valence-electron chi connectivity index (χ2n) is 32.8. The summed E-state index contributed by atoms with van der Waals surface area (Å²) in [6, 6.07) is 28.8. The minimum absolute atomic E-state index is 0.0425. The summed E-state index contributed by atoms with van der Waals surface area (Å²) in [6.45, 7) is 15.0. The molecule has 6 aromatic rings. The van der Waals surface area contributed by atoms with E-state index >= 15 is 24.0 Å². The van der Waals surface area contributed by atoms with Crippen molar-refractivity contribution in [2.24, 2.45) is 22.7 Å². The predicted molar refractivity (Wildman–Crippen MR) is 427 cm³/mol. The number of hydrogen-bond donors (Lipinski definition) is 10. The lowest BCUT2D eigenvalue weighted by Gasteiger charge is -2.36. The Morgan fingerprint density at radius 1 is 0.509 bits per heavy atom. The van der Waals surface area contributed by atoms with Gasteiger partial charge in [0.1, 0.15) is 59.8 Å². The van der Waals surface area contributed by atoms with E-state index in [2.05, 4.69) is 47.3 Å². The highest BCUT2D eigenvalue weighted by Crippen LogP contribution is 2.35. The number of sulfonamides is 1. The molecule has 26 nitrogen and oxygen atoms in total. The fourth-order valence-electron chi connectivity index (χ4n) is 14.8. The zero-order chi connectivity index (χ0) is 80.8. The number of nitrogens with one attached hydrogen (secondary N) is 9. The number of carboxylic acid groups (broad SMARTS) is 1. The molecule has 8 bridgehead atoms. The van der Waals surface area contributed by atoms with E-state index in [0.29, 0.717) is 85.1 Å². The van der Waals surface area contributed by atoms with Crippen molar-refractivity contribution in [1.82, 2.24) is 57.1 Å². The Hall–Kier alpha value is -9.99. The quantitative estimate of drug-likeness (QED) is 0.0481. The van der Waals surface area contributed by atoms with E-state index in [9.17, 15) is 37.5 Å². The number of likely N-dealkylation sites (tertiary alicyclic amines) is 2. The molecule has 12 atom stereocenters. The van der Waals surface area contributed by atoms with E-state index in [1.165, 1.54) is 9.80 Å². The van der Waals surface area contributed by atoms with Gasteiger partial charge in [0, 0.05) is 38.8 Å². The molecule has 13 rings (SSSR count). The Bertz CT molecular complexity index is 4490. The summed E-state index contributed by atoms with van der Waals surface area (Å²) < 4.78 is 41.7. The summed E-state index contributed by atoms with van der Waals surface area (Å²) >= 11 is 0. The van der Waals surface area contributed by atoms with Gasteiger partial charge in [-0.1, -0.05) is 151 Å². The molecule has 0 radical (unpaired) electrons. The van der Waals surface area contributed by atoms with Gasteiger partial charge in [-0.25, -0.2) is 13.2 Å². The molecule has 1 saturated carbocycles. The van der Waals surface area contributed by atoms with Gasteiger partial charge in [0.25, 0.3) is 5.91 Å². The molecule has 9 amide bonds. The minimum atomic E-state index is -4.13. The van der Waals surface area contributed by atoms with Crippen molar-refractivity contribution in [2.75, 3.05) is 40.4 Å². The molecule has 0 spiro atoms. The van der Waals surface area contributed by atoms with Crippen LogP contribution < -0.4 is 56.7 Å². The molecule has 7 aliphatic rings. The standard InChI is InChI=1S/C85H111N11O15S/c1-51(86-9)74(97)92-72(84(3,4)5)81(104)95-49-57-19-16-18-40-111-64-35-29-54(30-36-64)44-69(83(106)107)91-77(100)67(46-56-26-32-60-22-12-14-24-62(60)42-56)90-80(103)71-48-58(50-96(71)82(105)73(85(6,7)8)93-75(98)52(2)87-10)20-15-17-39-110-63-33-27-53(28-34-63)43-68(78(101)94-112(108,109)65-37-38-65)88-76(99)66(89-79(102)70(95)47-57)45-55-25-31-59-21-11-13-23-61(59)41-55/h11-14,21-36,41-42,51-52,57-58,65-73,86-87H,15-20,37-40,43-50H2,1-10H3,(H,88,99)(H,89,102)(H,90,103)(H,91,100)(H,92,97)(H,93,98)(H,94,101)(H,106,107). The van der Waals surface area contributed by atoms with E-state index in [4.69, 9.17) is 9.47 Å². The maximum Gasteiger partial charge on any atom is 0.326 e. The number of carbonyl (C=O) groups excluding carboxylic acids is 9. The number of nitrogens with zero attached hydrogens (tertiary/aromatic N) is 2. The molecule has 1 aliphatic carbocycles. The first-order valence-electron chi connectivity index (χ1n) is 39.2. The Labute approximate surface area is 656 Å². The van der Waals surface area contributed by atoms with E-state index in [1.807, 2.05) is 126 Å². The Morgan fingerprint density at radius 3 is 1.29 bits per heavy atom. The predicted octanol–water partition coefficient (Wildman–Crippen LogP) is 6.72. The van der Waals surface area contributed by atoms with Crippen LogP contribution in [0.2, 0.25) is 0 Å². The molecular weight excluding hydrogens is 1450 g/mol. The van der Waals surface area contributed by atoms with Crippen LogP contribution in [0.4, 0.5) is 0 Å². The first kappa shape index (κ1) is 84.5. The van der Waals surface area contributed by atoms with Crippen LogP contribution in [0, 0.1) is 22.7 Å². The summed E-state index contributed by atoms with van der Waals surface area (Å²) in [5.41, 5.74) is 0.747. The average Bonchev–Trinajstić information content (AvgIpc) is 1.62. The molecule has 2 saturated heterocycles. The van der Waals surface area contributed by atoms with Crippen LogP contribution in [-0.2, 0) is 83.7 Å². The number of likely N-dealkylation sites (N-methyl/N-ethyl adjacent to an activating group) is 2. The molecule has 112 heavy (non-hydrogen) atoms. The van der Waals surface area contributed by atoms with E-state index < -0.39 is 146 Å². The third-order valence-corrected chi connectivity index (χ3v) is 23.7. The van der Waals surface area contributed by atoms with Gasteiger partial charge in [-0.3, -0.25) is 47.9 Å². The highest BCUT2D eigenvalue weighted by molar-refractivity contribution is 7.91. The zero-order valence-electron chi connectivity index (χ0n) is 65.9. The van der Waals surface area contributed by atoms with Crippen LogP contribution in [-0.4, -0.2) is 189 Å². The highest BCUT2D eigenvalue weighted by atomic mass is 32.2. The summed E-state index contributed by atoms with van der Waals surface area (Å²) in [5, 5.41) is 36.8. The molecule has 27 heteroatoms. The van der Waals surface area contributed by atoms with Gasteiger partial charge in [-0.05, 0) is 183 Å². The Kier molecular flexibility index (Phi) is 28.3. The summed E-state index contributed by atoms with van der Waals surface area (Å²) in [6.07, 6.45) is 3.98. The third kappa shape index (κ3) is 22.7. The first-order valence-corrected chi connectivity index (χ1v) is 40.7. The number of carbonyl (C=O) groups is 10. The number of ether oxygens (including phenoxy) is 2. The van der Waals surface area contributed by atoms with Crippen LogP contribution in [0.1, 0.15) is 142 Å². The van der Waals surface area contributed by atoms with Crippen LogP contribution in [0.5, 0.6) is 11.5 Å². The van der Waals surface area contributed by atoms with Gasteiger partial charge in [-0.2, -0.15) is 0 Å². The molecule has 3 fully saturated rings. The molecular formula is C85H111N11O15S. The molecule has 6 aliphatic heterocycles. The number of amides is 9. The van der Waals surface area contributed by atoms with Crippen molar-refractivity contribution < 1.29 is 70.9 Å². The molecule has 0 aromatic heterocycles. The van der Waals surface area contributed by atoms with Crippen molar-refractivity contribution in [2.45, 2.75) is 211 Å². The monoisotopic (exact) mass is 1560 g/mol. The van der Waals surface area contributed by atoms with Crippen LogP contribution >= 0.6 is 0 Å². The normalized spacial score (nSPS) is 22.9. The van der Waals surface area contributed by atoms with Crippen LogP contribution in [0.3, 0.4) is 0 Å². The molecule has 6 aromatic carbocycles. The van der Waals surface area contributed by atoms with Gasteiger partial charge in [0.2, 0.25) is 57.3 Å². The van der Waals surface area contributed by atoms with E-state index in [0.717, 1.165) is 21.5 Å². The third-order valence-electron chi connectivity index (χ3n) is 21.9. The Balaban J connectivity index is 0.952. The number of aliphatic carboxylic acids is 1. The highest BCUT2D eigenvalue weighted by Gasteiger charge is 2.48. The van der Waals surface area contributed by atoms with Gasteiger partial charge in [-0.15, -0.1) is 0 Å². The second kappa shape index (κ2) is 37.6. The fourth-order valence-corrected chi connectivity index (χ4v) is 16.2. The first-order chi connectivity index (χ1) is 53.2. The number of rotatable bonds is 16. The summed E-state index contributed by atoms with van der Waals surface area (Å²) in [5.74, 6) is -6.49. The van der Waals surface area contributed by atoms with Crippen molar-refractivity contribution in [1.29, 1.82) is 0 Å². The van der Waals surface area contributed by atoms with Crippen molar-refractivity contribution in [3.05, 3.63) is 156 Å². The smallest absolute Gasteiger partial charge is 0.326 e. The van der Waals surface area contributed by atoms with Crippen LogP contribution in [0.15, 0.2) is 133 Å². The minimum Gasteiger partial charge on any atom is -0.494 e. The van der Waals surface area contributed by atoms with Gasteiger partial charge >= 0.3 is 5.97 Å². The lowest BCUT2D eigenvalue weighted by atomic mass is 9.85. The summed E-state index contributed by atoms with van der Waals surface area (Å²) in [7, 11) is -0.872. The van der Waals surface area contributed by atoms with Crippen molar-refractivity contribution in [3.63, 3.8) is 0 Å². The number of benzene rings is 6. The SMILES string of the molecule is CNC(C)C(=O)NC(C(=O)N1CC2CCCCOc3ccc(cc3)CC(C(=O)NS(=O)(=O)C3CC3)NC(=O)C(Cc3ccc4ccccc4c3)NC(=O)C3CC(CCCCOc4ccc(cc4)CC(C(=O)O)NC(=O)C(Cc4ccc5ccccc5c4)NC(=O)C1C2)CN3C(=O)C(NC(=O)C(C)NC)C(C)(C)C)C(C)(C)C. The number of carboxylic acids is 1. The van der Waals surface area contributed by atoms with Crippen molar-refractivity contribution in [3.8, 4) is 11.5 Å². The lowest BCUT2D eigenvalue weighted by Crippen LogP contribution is -2.61. The number of fused-ring (bicyclic) bond motifs is 2. The van der Waals surface area contributed by atoms with Crippen LogP contribution in [0.25, 0.3) is 21.5 Å². The molecule has 12 unspecified atom stereocenters. The lowest BCUT2D eigenvalue weighted by molar-refractivity contribution is -0.145. The van der Waals surface area contributed by atoms with Gasteiger partial charge in [0.05, 0.1) is 30.5 Å². The second-order valence-corrected chi connectivity index (χ2v) is 34.8. The maximum atomic E-state index is 15.4. The Morgan fingerprint density at radius 2 is 0.902 bits per heavy atom. The van der Waals surface area contributed by atoms with Gasteiger partial charge < -0.3 is 66.9 Å². The molecule has 602 valence electrons. The van der Waals surface area contributed by atoms with Crippen molar-refractivity contribution >= 4 is 90.7 Å².